The van der Waals surface area contributed by atoms with E-state index in [1.807, 2.05) is 18.5 Å². The summed E-state index contributed by atoms with van der Waals surface area (Å²) in [5.41, 5.74) is 3.18. The Kier molecular flexibility index (Phi) is 5.79. The average molecular weight is 327 g/mol. The van der Waals surface area contributed by atoms with Crippen LogP contribution in [0.5, 0.6) is 0 Å². The normalized spacial score (nSPS) is 12.8. The Labute approximate surface area is 135 Å². The standard InChI is InChI=1S/C15H23ClN4S/c1-5-17-12(7-13-9-21-11(4)18-13)8-14-15(16)10(3)19-20(14)6-2/h9,12,17H,5-8H2,1-4H3. The van der Waals surface area contributed by atoms with Gasteiger partial charge in [-0.15, -0.1) is 11.3 Å². The van der Waals surface area contributed by atoms with Crippen molar-refractivity contribution in [2.24, 2.45) is 0 Å². The van der Waals surface area contributed by atoms with Crippen LogP contribution >= 0.6 is 22.9 Å². The third kappa shape index (κ3) is 4.05. The molecule has 2 aromatic heterocycles. The van der Waals surface area contributed by atoms with Gasteiger partial charge in [0.1, 0.15) is 0 Å². The summed E-state index contributed by atoms with van der Waals surface area (Å²) in [5.74, 6) is 0. The smallest absolute Gasteiger partial charge is 0.0897 e. The van der Waals surface area contributed by atoms with Crippen LogP contribution in [0.4, 0.5) is 0 Å². The van der Waals surface area contributed by atoms with Crippen molar-refractivity contribution in [3.05, 3.63) is 32.5 Å². The molecule has 2 heterocycles. The Morgan fingerprint density at radius 2 is 2.10 bits per heavy atom. The molecule has 0 bridgehead atoms. The molecule has 0 fully saturated rings. The van der Waals surface area contributed by atoms with Crippen LogP contribution in [0, 0.1) is 13.8 Å². The summed E-state index contributed by atoms with van der Waals surface area (Å²) in [6, 6.07) is 0.329. The van der Waals surface area contributed by atoms with Gasteiger partial charge in [-0.05, 0) is 27.3 Å². The zero-order valence-corrected chi connectivity index (χ0v) is 14.7. The molecule has 0 aliphatic heterocycles. The molecule has 0 spiro atoms. The Balaban J connectivity index is 2.16. The second kappa shape index (κ2) is 7.38. The number of likely N-dealkylation sites (N-methyl/N-ethyl adjacent to an activating group) is 1. The minimum absolute atomic E-state index is 0.329. The molecule has 1 atom stereocenters. The second-order valence-electron chi connectivity index (χ2n) is 5.18. The van der Waals surface area contributed by atoms with E-state index < -0.39 is 0 Å². The monoisotopic (exact) mass is 326 g/mol. The van der Waals surface area contributed by atoms with Gasteiger partial charge in [0, 0.05) is 30.8 Å². The Bertz CT molecular complexity index is 591. The maximum atomic E-state index is 6.42. The van der Waals surface area contributed by atoms with Crippen molar-refractivity contribution in [3.8, 4) is 0 Å². The van der Waals surface area contributed by atoms with E-state index in [-0.39, 0.29) is 0 Å². The summed E-state index contributed by atoms with van der Waals surface area (Å²) in [7, 11) is 0. The molecular weight excluding hydrogens is 304 g/mol. The van der Waals surface area contributed by atoms with Crippen LogP contribution in [-0.4, -0.2) is 27.4 Å². The van der Waals surface area contributed by atoms with Gasteiger partial charge in [0.05, 0.1) is 27.1 Å². The molecule has 0 aromatic carbocycles. The first-order valence-electron chi connectivity index (χ1n) is 7.41. The predicted molar refractivity (Wildman–Crippen MR) is 89.4 cm³/mol. The van der Waals surface area contributed by atoms with E-state index in [9.17, 15) is 0 Å². The minimum atomic E-state index is 0.329. The molecule has 0 aliphatic carbocycles. The number of nitrogens with zero attached hydrogens (tertiary/aromatic N) is 3. The van der Waals surface area contributed by atoms with Crippen molar-refractivity contribution >= 4 is 22.9 Å². The lowest BCUT2D eigenvalue weighted by Crippen LogP contribution is -2.34. The average Bonchev–Trinajstić information content (AvgIpc) is 2.97. The summed E-state index contributed by atoms with van der Waals surface area (Å²) in [6.45, 7) is 10.0. The van der Waals surface area contributed by atoms with Gasteiger partial charge >= 0.3 is 0 Å². The van der Waals surface area contributed by atoms with Crippen molar-refractivity contribution in [2.75, 3.05) is 6.54 Å². The number of halogens is 1. The molecular formula is C15H23ClN4S. The van der Waals surface area contributed by atoms with Crippen molar-refractivity contribution < 1.29 is 0 Å². The molecule has 2 aromatic rings. The van der Waals surface area contributed by atoms with Crippen molar-refractivity contribution in [1.82, 2.24) is 20.1 Å². The summed E-state index contributed by atoms with van der Waals surface area (Å²) in [6.07, 6.45) is 1.79. The number of aromatic nitrogens is 3. The molecule has 0 aliphatic rings. The first-order chi connectivity index (χ1) is 10.0. The van der Waals surface area contributed by atoms with Gasteiger partial charge in [-0.25, -0.2) is 4.98 Å². The molecule has 6 heteroatoms. The maximum absolute atomic E-state index is 6.42. The summed E-state index contributed by atoms with van der Waals surface area (Å²) >= 11 is 8.12. The van der Waals surface area contributed by atoms with E-state index in [0.29, 0.717) is 6.04 Å². The van der Waals surface area contributed by atoms with E-state index in [4.69, 9.17) is 11.6 Å². The van der Waals surface area contributed by atoms with Crippen LogP contribution in [0.3, 0.4) is 0 Å². The third-order valence-electron chi connectivity index (χ3n) is 3.51. The highest BCUT2D eigenvalue weighted by Gasteiger charge is 2.18. The lowest BCUT2D eigenvalue weighted by atomic mass is 10.1. The van der Waals surface area contributed by atoms with E-state index in [1.54, 1.807) is 11.3 Å². The first kappa shape index (κ1) is 16.5. The van der Waals surface area contributed by atoms with Crippen LogP contribution < -0.4 is 5.32 Å². The highest BCUT2D eigenvalue weighted by atomic mass is 35.5. The van der Waals surface area contributed by atoms with Crippen molar-refractivity contribution in [2.45, 2.75) is 53.1 Å². The topological polar surface area (TPSA) is 42.7 Å². The maximum Gasteiger partial charge on any atom is 0.0897 e. The third-order valence-corrected chi connectivity index (χ3v) is 4.82. The van der Waals surface area contributed by atoms with Crippen LogP contribution in [0.15, 0.2) is 5.38 Å². The zero-order valence-electron chi connectivity index (χ0n) is 13.1. The van der Waals surface area contributed by atoms with E-state index >= 15 is 0 Å². The molecule has 1 N–H and O–H groups in total. The summed E-state index contributed by atoms with van der Waals surface area (Å²) in [4.78, 5) is 4.57. The lowest BCUT2D eigenvalue weighted by Gasteiger charge is -2.17. The number of thiazole rings is 1. The van der Waals surface area contributed by atoms with Crippen molar-refractivity contribution in [1.29, 1.82) is 0 Å². The first-order valence-corrected chi connectivity index (χ1v) is 8.67. The molecule has 4 nitrogen and oxygen atoms in total. The quantitative estimate of drug-likeness (QED) is 0.848. The summed E-state index contributed by atoms with van der Waals surface area (Å²) in [5, 5.41) is 12.1. The molecule has 0 amide bonds. The largest absolute Gasteiger partial charge is 0.313 e. The lowest BCUT2D eigenvalue weighted by molar-refractivity contribution is 0.492. The number of hydrogen-bond donors (Lipinski definition) is 1. The fourth-order valence-electron chi connectivity index (χ4n) is 2.56. The number of hydrogen-bond acceptors (Lipinski definition) is 4. The molecule has 0 radical (unpaired) electrons. The number of aryl methyl sites for hydroxylation is 3. The van der Waals surface area contributed by atoms with Gasteiger partial charge in [0.25, 0.3) is 0 Å². The molecule has 2 rings (SSSR count). The van der Waals surface area contributed by atoms with Crippen LogP contribution in [0.25, 0.3) is 0 Å². The van der Waals surface area contributed by atoms with Crippen LogP contribution in [-0.2, 0) is 19.4 Å². The summed E-state index contributed by atoms with van der Waals surface area (Å²) < 4.78 is 2.01. The van der Waals surface area contributed by atoms with Crippen LogP contribution in [0.2, 0.25) is 5.02 Å². The van der Waals surface area contributed by atoms with Gasteiger partial charge in [0.2, 0.25) is 0 Å². The Hall–Kier alpha value is -0.910. The molecule has 1 unspecified atom stereocenters. The van der Waals surface area contributed by atoms with E-state index in [0.717, 1.165) is 53.0 Å². The van der Waals surface area contributed by atoms with Crippen LogP contribution in [0.1, 0.15) is 35.9 Å². The zero-order chi connectivity index (χ0) is 15.4. The Morgan fingerprint density at radius 1 is 1.33 bits per heavy atom. The molecule has 0 saturated carbocycles. The highest BCUT2D eigenvalue weighted by molar-refractivity contribution is 7.09. The van der Waals surface area contributed by atoms with Gasteiger partial charge in [-0.1, -0.05) is 18.5 Å². The second-order valence-corrected chi connectivity index (χ2v) is 6.62. The predicted octanol–water partition coefficient (Wildman–Crippen LogP) is 3.39. The fraction of sp³-hybridized carbons (Fsp3) is 0.600. The van der Waals surface area contributed by atoms with Gasteiger partial charge in [-0.3, -0.25) is 4.68 Å². The van der Waals surface area contributed by atoms with Gasteiger partial charge in [0.15, 0.2) is 0 Å². The van der Waals surface area contributed by atoms with E-state index in [2.05, 4.69) is 34.6 Å². The van der Waals surface area contributed by atoms with Crippen molar-refractivity contribution in [3.63, 3.8) is 0 Å². The Morgan fingerprint density at radius 3 is 2.67 bits per heavy atom. The molecule has 116 valence electrons. The van der Waals surface area contributed by atoms with E-state index in [1.165, 1.54) is 0 Å². The number of nitrogens with one attached hydrogen (secondary N) is 1. The number of rotatable bonds is 7. The van der Waals surface area contributed by atoms with Gasteiger partial charge in [-0.2, -0.15) is 5.10 Å². The SMILES string of the molecule is CCNC(Cc1csc(C)n1)Cc1c(Cl)c(C)nn1CC. The minimum Gasteiger partial charge on any atom is -0.313 e. The highest BCUT2D eigenvalue weighted by Crippen LogP contribution is 2.22. The molecule has 21 heavy (non-hydrogen) atoms. The fourth-order valence-corrected chi connectivity index (χ4v) is 3.40. The van der Waals surface area contributed by atoms with Gasteiger partial charge < -0.3 is 5.32 Å². The molecule has 0 saturated heterocycles.